The molecule has 18 heavy (non-hydrogen) atoms. The highest BCUT2D eigenvalue weighted by molar-refractivity contribution is 5.49. The summed E-state index contributed by atoms with van der Waals surface area (Å²) in [5.74, 6) is 1.82. The lowest BCUT2D eigenvalue weighted by molar-refractivity contribution is 0.424. The first-order valence-electron chi connectivity index (χ1n) is 6.21. The molecule has 6 nitrogen and oxygen atoms in total. The van der Waals surface area contributed by atoms with Gasteiger partial charge in [-0.3, -0.25) is 0 Å². The van der Waals surface area contributed by atoms with Crippen LogP contribution in [0.2, 0.25) is 0 Å². The van der Waals surface area contributed by atoms with Gasteiger partial charge in [-0.2, -0.15) is 4.98 Å². The van der Waals surface area contributed by atoms with Crippen LogP contribution in [0.4, 0.5) is 5.95 Å². The molecule has 2 aromatic heterocycles. The quantitative estimate of drug-likeness (QED) is 0.804. The molecule has 0 spiro atoms. The molecule has 0 radical (unpaired) electrons. The van der Waals surface area contributed by atoms with Crippen molar-refractivity contribution in [3.63, 3.8) is 0 Å². The fourth-order valence-electron chi connectivity index (χ4n) is 2.11. The Kier molecular flexibility index (Phi) is 2.92. The molecule has 0 aromatic carbocycles. The minimum absolute atomic E-state index is 0.452. The van der Waals surface area contributed by atoms with E-state index >= 15 is 0 Å². The molecule has 0 amide bonds. The Morgan fingerprint density at radius 2 is 2.00 bits per heavy atom. The molecule has 0 unspecified atom stereocenters. The summed E-state index contributed by atoms with van der Waals surface area (Å²) in [6.07, 6.45) is 5.44. The van der Waals surface area contributed by atoms with Crippen molar-refractivity contribution in [2.45, 2.75) is 26.2 Å². The number of hydrogen-bond donors (Lipinski definition) is 0. The normalized spacial score (nSPS) is 15.9. The van der Waals surface area contributed by atoms with E-state index in [1.807, 2.05) is 0 Å². The largest absolute Gasteiger partial charge is 0.341 e. The van der Waals surface area contributed by atoms with Gasteiger partial charge in [0.25, 0.3) is 5.89 Å². The van der Waals surface area contributed by atoms with Crippen LogP contribution >= 0.6 is 0 Å². The summed E-state index contributed by atoms with van der Waals surface area (Å²) in [6.45, 7) is 3.83. The van der Waals surface area contributed by atoms with Crippen molar-refractivity contribution < 1.29 is 4.52 Å². The maximum atomic E-state index is 5.12. The summed E-state index contributed by atoms with van der Waals surface area (Å²) in [5.41, 5.74) is 0.686. The number of hydrogen-bond acceptors (Lipinski definition) is 6. The van der Waals surface area contributed by atoms with Crippen LogP contribution < -0.4 is 4.90 Å². The number of aromatic nitrogens is 4. The molecule has 0 aliphatic carbocycles. The van der Waals surface area contributed by atoms with Crippen LogP contribution in [0.1, 0.15) is 25.1 Å². The lowest BCUT2D eigenvalue weighted by atomic mass is 10.1. The zero-order chi connectivity index (χ0) is 12.4. The Morgan fingerprint density at radius 1 is 1.17 bits per heavy atom. The fourth-order valence-corrected chi connectivity index (χ4v) is 2.11. The second-order valence-electron chi connectivity index (χ2n) is 4.44. The van der Waals surface area contributed by atoms with Gasteiger partial charge in [0, 0.05) is 19.3 Å². The zero-order valence-electron chi connectivity index (χ0n) is 10.3. The highest BCUT2D eigenvalue weighted by Crippen LogP contribution is 2.19. The number of piperidine rings is 1. The molecular formula is C12H15N5O. The molecule has 1 aliphatic rings. The minimum atomic E-state index is 0.452. The Labute approximate surface area is 105 Å². The Morgan fingerprint density at radius 3 is 2.72 bits per heavy atom. The van der Waals surface area contributed by atoms with E-state index in [1.165, 1.54) is 19.3 Å². The molecule has 2 aromatic rings. The van der Waals surface area contributed by atoms with Crippen LogP contribution in [-0.2, 0) is 0 Å². The molecule has 0 N–H and O–H groups in total. The fraction of sp³-hybridized carbons (Fsp3) is 0.500. The third kappa shape index (κ3) is 2.18. The van der Waals surface area contributed by atoms with Crippen molar-refractivity contribution in [1.82, 2.24) is 20.1 Å². The number of aryl methyl sites for hydroxylation is 1. The van der Waals surface area contributed by atoms with E-state index in [1.54, 1.807) is 19.2 Å². The van der Waals surface area contributed by atoms with Gasteiger partial charge in [0.15, 0.2) is 5.82 Å². The molecule has 0 bridgehead atoms. The molecule has 3 rings (SSSR count). The average Bonchev–Trinajstić information content (AvgIpc) is 2.87. The zero-order valence-corrected chi connectivity index (χ0v) is 10.3. The molecule has 3 heterocycles. The lowest BCUT2D eigenvalue weighted by Crippen LogP contribution is -2.30. The molecule has 1 fully saturated rings. The van der Waals surface area contributed by atoms with Gasteiger partial charge in [-0.1, -0.05) is 5.16 Å². The standard InChI is InChI=1S/C12H15N5O/c1-9-14-11(18-16-9)10-5-6-13-12(15-10)17-7-3-2-4-8-17/h5-6H,2-4,7-8H2,1H3. The van der Waals surface area contributed by atoms with E-state index < -0.39 is 0 Å². The summed E-state index contributed by atoms with van der Waals surface area (Å²) in [7, 11) is 0. The highest BCUT2D eigenvalue weighted by Gasteiger charge is 2.15. The van der Waals surface area contributed by atoms with Crippen LogP contribution in [0, 0.1) is 6.92 Å². The molecule has 0 atom stereocenters. The highest BCUT2D eigenvalue weighted by atomic mass is 16.5. The van der Waals surface area contributed by atoms with Gasteiger partial charge in [0.1, 0.15) is 5.69 Å². The van der Waals surface area contributed by atoms with Crippen LogP contribution in [0.15, 0.2) is 16.8 Å². The summed E-state index contributed by atoms with van der Waals surface area (Å²) in [6, 6.07) is 1.79. The van der Waals surface area contributed by atoms with E-state index in [9.17, 15) is 0 Å². The molecule has 6 heteroatoms. The predicted molar refractivity (Wildman–Crippen MR) is 66.1 cm³/mol. The van der Waals surface area contributed by atoms with Crippen molar-refractivity contribution in [3.05, 3.63) is 18.1 Å². The topological polar surface area (TPSA) is 67.9 Å². The van der Waals surface area contributed by atoms with E-state index in [0.29, 0.717) is 17.4 Å². The van der Waals surface area contributed by atoms with Gasteiger partial charge in [-0.05, 0) is 32.3 Å². The van der Waals surface area contributed by atoms with Gasteiger partial charge >= 0.3 is 0 Å². The maximum Gasteiger partial charge on any atom is 0.276 e. The van der Waals surface area contributed by atoms with Gasteiger partial charge in [-0.15, -0.1) is 0 Å². The second-order valence-corrected chi connectivity index (χ2v) is 4.44. The maximum absolute atomic E-state index is 5.12. The van der Waals surface area contributed by atoms with E-state index in [-0.39, 0.29) is 0 Å². The van der Waals surface area contributed by atoms with Crippen molar-refractivity contribution in [2.24, 2.45) is 0 Å². The molecule has 0 saturated carbocycles. The average molecular weight is 245 g/mol. The Balaban J connectivity index is 1.88. The summed E-state index contributed by atoms with van der Waals surface area (Å²) in [5, 5.41) is 3.78. The van der Waals surface area contributed by atoms with Crippen molar-refractivity contribution >= 4 is 5.95 Å². The van der Waals surface area contributed by atoms with Gasteiger partial charge in [0.2, 0.25) is 5.95 Å². The first-order valence-corrected chi connectivity index (χ1v) is 6.21. The smallest absolute Gasteiger partial charge is 0.276 e. The lowest BCUT2D eigenvalue weighted by Gasteiger charge is -2.26. The molecule has 1 saturated heterocycles. The van der Waals surface area contributed by atoms with E-state index in [2.05, 4.69) is 25.0 Å². The van der Waals surface area contributed by atoms with Crippen molar-refractivity contribution in [1.29, 1.82) is 0 Å². The summed E-state index contributed by atoms with van der Waals surface area (Å²) in [4.78, 5) is 15.2. The first-order chi connectivity index (χ1) is 8.83. The SMILES string of the molecule is Cc1noc(-c2ccnc(N3CCCCC3)n2)n1. The Hall–Kier alpha value is -1.98. The second kappa shape index (κ2) is 4.72. The monoisotopic (exact) mass is 245 g/mol. The van der Waals surface area contributed by atoms with Gasteiger partial charge < -0.3 is 9.42 Å². The Bertz CT molecular complexity index is 533. The predicted octanol–water partition coefficient (Wildman–Crippen LogP) is 1.83. The van der Waals surface area contributed by atoms with Crippen LogP contribution in [0.5, 0.6) is 0 Å². The van der Waals surface area contributed by atoms with Gasteiger partial charge in [0.05, 0.1) is 0 Å². The third-order valence-electron chi connectivity index (χ3n) is 3.03. The molecule has 1 aliphatic heterocycles. The van der Waals surface area contributed by atoms with Crippen LogP contribution in [0.25, 0.3) is 11.6 Å². The van der Waals surface area contributed by atoms with Crippen molar-refractivity contribution in [3.8, 4) is 11.6 Å². The van der Waals surface area contributed by atoms with E-state index in [4.69, 9.17) is 4.52 Å². The number of rotatable bonds is 2. The van der Waals surface area contributed by atoms with Crippen LogP contribution in [0.3, 0.4) is 0 Å². The first kappa shape index (κ1) is 11.1. The number of anilines is 1. The minimum Gasteiger partial charge on any atom is -0.341 e. The summed E-state index contributed by atoms with van der Waals surface area (Å²) < 4.78 is 5.12. The summed E-state index contributed by atoms with van der Waals surface area (Å²) >= 11 is 0. The van der Waals surface area contributed by atoms with Gasteiger partial charge in [-0.25, -0.2) is 9.97 Å². The van der Waals surface area contributed by atoms with Crippen molar-refractivity contribution in [2.75, 3.05) is 18.0 Å². The number of nitrogens with zero attached hydrogens (tertiary/aromatic N) is 5. The van der Waals surface area contributed by atoms with E-state index in [0.717, 1.165) is 19.0 Å². The van der Waals surface area contributed by atoms with Crippen LogP contribution in [-0.4, -0.2) is 33.2 Å². The molecular weight excluding hydrogens is 230 g/mol. The molecule has 94 valence electrons. The third-order valence-corrected chi connectivity index (χ3v) is 3.03.